The second-order valence-electron chi connectivity index (χ2n) is 3.31. The van der Waals surface area contributed by atoms with Crippen LogP contribution < -0.4 is 5.32 Å². The maximum absolute atomic E-state index is 5.59. The van der Waals surface area contributed by atoms with Gasteiger partial charge in [0.25, 0.3) is 0 Å². The lowest BCUT2D eigenvalue weighted by molar-refractivity contribution is 0.578. The van der Waals surface area contributed by atoms with Crippen molar-refractivity contribution in [2.75, 3.05) is 12.4 Å². The zero-order valence-electron chi connectivity index (χ0n) is 8.89. The van der Waals surface area contributed by atoms with Crippen LogP contribution >= 0.6 is 11.6 Å². The first-order valence-electron chi connectivity index (χ1n) is 5.08. The molecule has 1 rings (SSSR count). The van der Waals surface area contributed by atoms with Crippen LogP contribution in [0.15, 0.2) is 6.07 Å². The summed E-state index contributed by atoms with van der Waals surface area (Å²) in [5.41, 5.74) is 2.33. The van der Waals surface area contributed by atoms with Gasteiger partial charge in [-0.3, -0.25) is 4.68 Å². The van der Waals surface area contributed by atoms with E-state index < -0.39 is 0 Å². The van der Waals surface area contributed by atoms with E-state index in [1.54, 1.807) is 0 Å². The van der Waals surface area contributed by atoms with Gasteiger partial charge < -0.3 is 5.32 Å². The van der Waals surface area contributed by atoms with E-state index in [2.05, 4.69) is 23.4 Å². The molecule has 14 heavy (non-hydrogen) atoms. The summed E-state index contributed by atoms with van der Waals surface area (Å²) in [6, 6.07) is 2.12. The Morgan fingerprint density at radius 2 is 2.36 bits per heavy atom. The van der Waals surface area contributed by atoms with E-state index in [0.717, 1.165) is 37.6 Å². The highest BCUT2D eigenvalue weighted by Gasteiger charge is 2.02. The van der Waals surface area contributed by atoms with Gasteiger partial charge in [0, 0.05) is 19.0 Å². The van der Waals surface area contributed by atoms with Crippen LogP contribution in [0.3, 0.4) is 0 Å². The Kier molecular flexibility index (Phi) is 4.98. The summed E-state index contributed by atoms with van der Waals surface area (Å²) in [6.45, 7) is 6.91. The van der Waals surface area contributed by atoms with Gasteiger partial charge >= 0.3 is 0 Å². The summed E-state index contributed by atoms with van der Waals surface area (Å²) in [5.74, 6) is 0.721. The van der Waals surface area contributed by atoms with E-state index >= 15 is 0 Å². The second kappa shape index (κ2) is 6.04. The van der Waals surface area contributed by atoms with Gasteiger partial charge in [0.2, 0.25) is 0 Å². The van der Waals surface area contributed by atoms with E-state index in [1.807, 2.05) is 11.6 Å². The molecule has 0 saturated carbocycles. The highest BCUT2D eigenvalue weighted by atomic mass is 35.5. The lowest BCUT2D eigenvalue weighted by Crippen LogP contribution is -2.17. The van der Waals surface area contributed by atoms with Gasteiger partial charge in [0.05, 0.1) is 11.4 Å². The molecule has 0 aromatic carbocycles. The molecule has 0 aliphatic heterocycles. The number of hydrogen-bond acceptors (Lipinski definition) is 2. The number of rotatable bonds is 6. The van der Waals surface area contributed by atoms with Crippen molar-refractivity contribution in [3.63, 3.8) is 0 Å². The summed E-state index contributed by atoms with van der Waals surface area (Å²) >= 11 is 5.59. The Hall–Kier alpha value is -0.540. The van der Waals surface area contributed by atoms with Crippen LogP contribution in [0, 0.1) is 6.92 Å². The number of alkyl halides is 1. The topological polar surface area (TPSA) is 29.9 Å². The van der Waals surface area contributed by atoms with Crippen LogP contribution in [-0.2, 0) is 13.1 Å². The Bertz CT molecular complexity index is 270. The highest BCUT2D eigenvalue weighted by Crippen LogP contribution is 2.03. The fourth-order valence-corrected chi connectivity index (χ4v) is 1.56. The first-order chi connectivity index (χ1) is 6.77. The fourth-order valence-electron chi connectivity index (χ4n) is 1.42. The summed E-state index contributed by atoms with van der Waals surface area (Å²) in [5, 5.41) is 7.72. The average Bonchev–Trinajstić information content (AvgIpc) is 2.54. The third kappa shape index (κ3) is 3.31. The van der Waals surface area contributed by atoms with Crippen molar-refractivity contribution in [2.24, 2.45) is 0 Å². The summed E-state index contributed by atoms with van der Waals surface area (Å²) < 4.78 is 2.03. The minimum absolute atomic E-state index is 0.721. The molecule has 80 valence electrons. The first-order valence-corrected chi connectivity index (χ1v) is 5.61. The smallest absolute Gasteiger partial charge is 0.0597 e. The van der Waals surface area contributed by atoms with Crippen LogP contribution in [0.5, 0.6) is 0 Å². The van der Waals surface area contributed by atoms with Crippen molar-refractivity contribution in [1.82, 2.24) is 15.1 Å². The monoisotopic (exact) mass is 215 g/mol. The van der Waals surface area contributed by atoms with Crippen molar-refractivity contribution in [3.05, 3.63) is 17.5 Å². The average molecular weight is 216 g/mol. The third-order valence-corrected chi connectivity index (χ3v) is 2.35. The van der Waals surface area contributed by atoms with Crippen LogP contribution in [0.25, 0.3) is 0 Å². The maximum atomic E-state index is 5.59. The van der Waals surface area contributed by atoms with Crippen molar-refractivity contribution in [1.29, 1.82) is 0 Å². The molecule has 0 atom stereocenters. The molecule has 0 aliphatic rings. The molecule has 0 radical (unpaired) electrons. The Balaban J connectivity index is 2.41. The number of halogens is 1. The molecule has 4 heteroatoms. The van der Waals surface area contributed by atoms with Crippen molar-refractivity contribution in [2.45, 2.75) is 33.4 Å². The van der Waals surface area contributed by atoms with Crippen LogP contribution in [0.2, 0.25) is 0 Å². The normalized spacial score (nSPS) is 10.8. The first kappa shape index (κ1) is 11.5. The fraction of sp³-hybridized carbons (Fsp3) is 0.700. The Morgan fingerprint density at radius 3 is 3.00 bits per heavy atom. The van der Waals surface area contributed by atoms with Crippen molar-refractivity contribution >= 4 is 11.6 Å². The largest absolute Gasteiger partial charge is 0.311 e. The van der Waals surface area contributed by atoms with E-state index in [0.29, 0.717) is 0 Å². The van der Waals surface area contributed by atoms with Gasteiger partial charge in [-0.1, -0.05) is 0 Å². The van der Waals surface area contributed by atoms with Crippen LogP contribution in [-0.4, -0.2) is 22.2 Å². The van der Waals surface area contributed by atoms with E-state index in [1.165, 1.54) is 5.69 Å². The summed E-state index contributed by atoms with van der Waals surface area (Å²) in [4.78, 5) is 0. The molecule has 0 aliphatic carbocycles. The highest BCUT2D eigenvalue weighted by molar-refractivity contribution is 6.17. The van der Waals surface area contributed by atoms with E-state index in [9.17, 15) is 0 Å². The molecule has 0 unspecified atom stereocenters. The molecule has 1 heterocycles. The van der Waals surface area contributed by atoms with Gasteiger partial charge in [-0.2, -0.15) is 5.10 Å². The molecule has 0 fully saturated rings. The molecule has 0 amide bonds. The number of nitrogens with one attached hydrogen (secondary N) is 1. The van der Waals surface area contributed by atoms with Gasteiger partial charge in [0.15, 0.2) is 0 Å². The molecular formula is C10H18ClN3. The zero-order valence-corrected chi connectivity index (χ0v) is 9.64. The minimum Gasteiger partial charge on any atom is -0.311 e. The molecule has 0 spiro atoms. The van der Waals surface area contributed by atoms with Crippen LogP contribution in [0.4, 0.5) is 0 Å². The molecule has 0 saturated heterocycles. The molecule has 1 aromatic rings. The second-order valence-corrected chi connectivity index (χ2v) is 3.69. The van der Waals surface area contributed by atoms with E-state index in [4.69, 9.17) is 11.6 Å². The predicted octanol–water partition coefficient (Wildman–Crippen LogP) is 1.93. The summed E-state index contributed by atoms with van der Waals surface area (Å²) in [6.07, 6.45) is 1.01. The number of nitrogens with zero attached hydrogens (tertiary/aromatic N) is 2. The Labute approximate surface area is 90.4 Å². The molecule has 1 N–H and O–H groups in total. The van der Waals surface area contributed by atoms with Gasteiger partial charge in [0.1, 0.15) is 0 Å². The van der Waals surface area contributed by atoms with Gasteiger partial charge in [-0.15, -0.1) is 11.6 Å². The number of aryl methyl sites for hydroxylation is 2. The predicted molar refractivity (Wildman–Crippen MR) is 59.7 cm³/mol. The standard InChI is InChI=1S/C10H18ClN3/c1-3-14-10(7-9(2)13-14)8-12-6-4-5-11/h7,12H,3-6,8H2,1-2H3. The molecule has 1 aromatic heterocycles. The zero-order chi connectivity index (χ0) is 10.4. The quantitative estimate of drug-likeness (QED) is 0.581. The van der Waals surface area contributed by atoms with Crippen molar-refractivity contribution < 1.29 is 0 Å². The summed E-state index contributed by atoms with van der Waals surface area (Å²) in [7, 11) is 0. The van der Waals surface area contributed by atoms with Crippen LogP contribution in [0.1, 0.15) is 24.7 Å². The lowest BCUT2D eigenvalue weighted by atomic mass is 10.3. The Morgan fingerprint density at radius 1 is 1.57 bits per heavy atom. The van der Waals surface area contributed by atoms with E-state index in [-0.39, 0.29) is 0 Å². The van der Waals surface area contributed by atoms with Crippen molar-refractivity contribution in [3.8, 4) is 0 Å². The molecular weight excluding hydrogens is 198 g/mol. The van der Waals surface area contributed by atoms with Gasteiger partial charge in [-0.25, -0.2) is 0 Å². The molecule has 3 nitrogen and oxygen atoms in total. The SMILES string of the molecule is CCn1nc(C)cc1CNCCCCl. The number of aromatic nitrogens is 2. The maximum Gasteiger partial charge on any atom is 0.0597 e. The van der Waals surface area contributed by atoms with Gasteiger partial charge in [-0.05, 0) is 32.9 Å². The lowest BCUT2D eigenvalue weighted by Gasteiger charge is -2.05. The third-order valence-electron chi connectivity index (χ3n) is 2.08. The minimum atomic E-state index is 0.721. The number of hydrogen-bond donors (Lipinski definition) is 1. The molecule has 0 bridgehead atoms.